The quantitative estimate of drug-likeness (QED) is 0.869. The highest BCUT2D eigenvalue weighted by Crippen LogP contribution is 2.30. The summed E-state index contributed by atoms with van der Waals surface area (Å²) in [4.78, 5) is 3.19. The Morgan fingerprint density at radius 1 is 1.50 bits per heavy atom. The van der Waals surface area contributed by atoms with Crippen molar-refractivity contribution in [1.82, 2.24) is 4.98 Å². The highest BCUT2D eigenvalue weighted by atomic mass is 32.2. The minimum absolute atomic E-state index is 0.0174. The number of rotatable bonds is 3. The van der Waals surface area contributed by atoms with Crippen LogP contribution in [0.15, 0.2) is 11.0 Å². The number of halogens is 2. The molecule has 0 aliphatic rings. The van der Waals surface area contributed by atoms with E-state index in [2.05, 4.69) is 9.72 Å². The zero-order valence-electron chi connectivity index (χ0n) is 8.57. The Morgan fingerprint density at radius 2 is 2.06 bits per heavy atom. The summed E-state index contributed by atoms with van der Waals surface area (Å²) in [5.74, 6) is -0.306. The summed E-state index contributed by atoms with van der Waals surface area (Å²) >= 11 is 0. The molecule has 5 nitrogen and oxygen atoms in total. The van der Waals surface area contributed by atoms with Gasteiger partial charge in [0.1, 0.15) is 4.90 Å². The third-order valence-corrected chi connectivity index (χ3v) is 2.92. The minimum atomic E-state index is -4.07. The van der Waals surface area contributed by atoms with Crippen LogP contribution < -0.4 is 9.88 Å². The van der Waals surface area contributed by atoms with E-state index >= 15 is 0 Å². The van der Waals surface area contributed by atoms with Crippen molar-refractivity contribution in [3.8, 4) is 5.88 Å². The normalized spacial score (nSPS) is 11.9. The second-order valence-electron chi connectivity index (χ2n) is 3.02. The lowest BCUT2D eigenvalue weighted by Crippen LogP contribution is -2.15. The lowest BCUT2D eigenvalue weighted by atomic mass is 10.2. The van der Waals surface area contributed by atoms with Crippen LogP contribution in [0, 0.1) is 6.92 Å². The molecule has 0 saturated heterocycles. The van der Waals surface area contributed by atoms with Gasteiger partial charge in [0.15, 0.2) is 0 Å². The molecule has 0 saturated carbocycles. The predicted molar refractivity (Wildman–Crippen MR) is 51.9 cm³/mol. The molecule has 0 spiro atoms. The van der Waals surface area contributed by atoms with Crippen LogP contribution in [0.3, 0.4) is 0 Å². The van der Waals surface area contributed by atoms with E-state index in [4.69, 9.17) is 5.14 Å². The number of nitrogens with two attached hydrogens (primary N) is 1. The zero-order chi connectivity index (χ0) is 12.5. The zero-order valence-corrected chi connectivity index (χ0v) is 9.38. The average molecular weight is 252 g/mol. The lowest BCUT2D eigenvalue weighted by Gasteiger charge is -2.10. The third-order valence-electron chi connectivity index (χ3n) is 1.89. The first-order valence-electron chi connectivity index (χ1n) is 4.14. The van der Waals surface area contributed by atoms with Crippen LogP contribution in [0.1, 0.15) is 17.7 Å². The number of hydrogen-bond acceptors (Lipinski definition) is 4. The summed E-state index contributed by atoms with van der Waals surface area (Å²) in [6.45, 7) is 1.34. The standard InChI is InChI=1S/C8H10F2N2O3S/c1-4-6(16(11,13)14)3-5(7(9)10)8(12-4)15-2/h3,7H,1-2H3,(H2,11,13,14). The van der Waals surface area contributed by atoms with E-state index in [9.17, 15) is 17.2 Å². The molecule has 16 heavy (non-hydrogen) atoms. The van der Waals surface area contributed by atoms with E-state index in [-0.39, 0.29) is 11.6 Å². The van der Waals surface area contributed by atoms with E-state index in [1.165, 1.54) is 14.0 Å². The Labute approximate surface area is 91.3 Å². The van der Waals surface area contributed by atoms with Gasteiger partial charge in [0, 0.05) is 0 Å². The predicted octanol–water partition coefficient (Wildman–Crippen LogP) is 0.984. The Hall–Kier alpha value is -1.28. The maximum atomic E-state index is 12.6. The largest absolute Gasteiger partial charge is 0.481 e. The van der Waals surface area contributed by atoms with Crippen molar-refractivity contribution < 1.29 is 21.9 Å². The molecule has 1 heterocycles. The summed E-state index contributed by atoms with van der Waals surface area (Å²) in [6, 6.07) is 0.779. The highest BCUT2D eigenvalue weighted by molar-refractivity contribution is 7.89. The number of sulfonamides is 1. The molecule has 0 aliphatic heterocycles. The molecule has 0 bridgehead atoms. The van der Waals surface area contributed by atoms with E-state index < -0.39 is 26.9 Å². The number of alkyl halides is 2. The number of hydrogen-bond donors (Lipinski definition) is 1. The molecule has 0 fully saturated rings. The fourth-order valence-electron chi connectivity index (χ4n) is 1.19. The Kier molecular flexibility index (Phi) is 3.44. The summed E-state index contributed by atoms with van der Waals surface area (Å²) in [7, 11) is -2.89. The van der Waals surface area contributed by atoms with Crippen LogP contribution in [-0.4, -0.2) is 20.5 Å². The first kappa shape index (κ1) is 12.8. The van der Waals surface area contributed by atoms with Gasteiger partial charge in [-0.1, -0.05) is 0 Å². The number of pyridine rings is 1. The number of aryl methyl sites for hydroxylation is 1. The van der Waals surface area contributed by atoms with Gasteiger partial charge in [-0.2, -0.15) is 0 Å². The molecule has 8 heteroatoms. The Balaban J connectivity index is 3.52. The lowest BCUT2D eigenvalue weighted by molar-refractivity contribution is 0.145. The van der Waals surface area contributed by atoms with Crippen molar-refractivity contribution in [3.05, 3.63) is 17.3 Å². The number of aromatic nitrogens is 1. The van der Waals surface area contributed by atoms with Gasteiger partial charge in [-0.25, -0.2) is 27.3 Å². The second-order valence-corrected chi connectivity index (χ2v) is 4.55. The number of primary sulfonamides is 1. The molecule has 1 rings (SSSR count). The third kappa shape index (κ3) is 2.45. The first-order chi connectivity index (χ1) is 7.27. The van der Waals surface area contributed by atoms with Crippen molar-refractivity contribution in [2.75, 3.05) is 7.11 Å². The molecule has 0 radical (unpaired) electrons. The SMILES string of the molecule is COc1nc(C)c(S(N)(=O)=O)cc1C(F)F. The maximum absolute atomic E-state index is 12.6. The second kappa shape index (κ2) is 4.30. The first-order valence-corrected chi connectivity index (χ1v) is 5.68. The van der Waals surface area contributed by atoms with Crippen LogP contribution in [0.4, 0.5) is 8.78 Å². The van der Waals surface area contributed by atoms with Crippen LogP contribution >= 0.6 is 0 Å². The van der Waals surface area contributed by atoms with Crippen molar-refractivity contribution in [1.29, 1.82) is 0 Å². The van der Waals surface area contributed by atoms with E-state index in [0.29, 0.717) is 0 Å². The van der Waals surface area contributed by atoms with Gasteiger partial charge in [-0.15, -0.1) is 0 Å². The summed E-state index contributed by atoms with van der Waals surface area (Å²) in [5.41, 5.74) is -0.583. The van der Waals surface area contributed by atoms with Gasteiger partial charge < -0.3 is 4.74 Å². The molecule has 0 aliphatic carbocycles. The summed E-state index contributed by atoms with van der Waals surface area (Å²) < 4.78 is 51.9. The molecule has 90 valence electrons. The fraction of sp³-hybridized carbons (Fsp3) is 0.375. The molecular weight excluding hydrogens is 242 g/mol. The smallest absolute Gasteiger partial charge is 0.269 e. The van der Waals surface area contributed by atoms with Crippen molar-refractivity contribution in [2.45, 2.75) is 18.2 Å². The van der Waals surface area contributed by atoms with Crippen LogP contribution in [0.5, 0.6) is 5.88 Å². The van der Waals surface area contributed by atoms with E-state index in [1.54, 1.807) is 0 Å². The topological polar surface area (TPSA) is 82.3 Å². The molecule has 1 aromatic rings. The molecule has 2 N–H and O–H groups in total. The minimum Gasteiger partial charge on any atom is -0.481 e. The molecule has 0 unspecified atom stereocenters. The molecule has 0 amide bonds. The van der Waals surface area contributed by atoms with E-state index in [0.717, 1.165) is 6.07 Å². The molecule has 0 atom stereocenters. The van der Waals surface area contributed by atoms with Gasteiger partial charge in [0.05, 0.1) is 18.4 Å². The Morgan fingerprint density at radius 3 is 2.44 bits per heavy atom. The maximum Gasteiger partial charge on any atom is 0.269 e. The van der Waals surface area contributed by atoms with Crippen LogP contribution in [0.25, 0.3) is 0 Å². The van der Waals surface area contributed by atoms with Crippen LogP contribution in [-0.2, 0) is 10.0 Å². The number of nitrogens with zero attached hydrogens (tertiary/aromatic N) is 1. The molecular formula is C8H10F2N2O3S. The number of ether oxygens (including phenoxy) is 1. The van der Waals surface area contributed by atoms with Gasteiger partial charge in [-0.05, 0) is 13.0 Å². The molecule has 0 aromatic carbocycles. The van der Waals surface area contributed by atoms with Gasteiger partial charge in [0.25, 0.3) is 6.43 Å². The fourth-order valence-corrected chi connectivity index (χ4v) is 1.94. The Bertz CT molecular complexity index is 502. The van der Waals surface area contributed by atoms with Crippen LogP contribution in [0.2, 0.25) is 0 Å². The monoisotopic (exact) mass is 252 g/mol. The van der Waals surface area contributed by atoms with Gasteiger partial charge in [-0.3, -0.25) is 0 Å². The van der Waals surface area contributed by atoms with Crippen molar-refractivity contribution in [3.63, 3.8) is 0 Å². The van der Waals surface area contributed by atoms with Gasteiger partial charge in [0.2, 0.25) is 15.9 Å². The highest BCUT2D eigenvalue weighted by Gasteiger charge is 2.22. The average Bonchev–Trinajstić information content (AvgIpc) is 2.14. The van der Waals surface area contributed by atoms with E-state index in [1.807, 2.05) is 0 Å². The molecule has 1 aromatic heterocycles. The van der Waals surface area contributed by atoms with Crippen molar-refractivity contribution in [2.24, 2.45) is 5.14 Å². The van der Waals surface area contributed by atoms with Gasteiger partial charge >= 0.3 is 0 Å². The van der Waals surface area contributed by atoms with Crippen molar-refractivity contribution >= 4 is 10.0 Å². The number of methoxy groups -OCH3 is 1. The summed E-state index contributed by atoms with van der Waals surface area (Å²) in [6.07, 6.45) is -2.89. The summed E-state index contributed by atoms with van der Waals surface area (Å²) in [5, 5.41) is 4.86.